The Morgan fingerprint density at radius 2 is 1.83 bits per heavy atom. The van der Waals surface area contributed by atoms with Gasteiger partial charge in [-0.05, 0) is 16.3 Å². The summed E-state index contributed by atoms with van der Waals surface area (Å²) in [7, 11) is 3.15. The molecule has 0 spiro atoms. The van der Waals surface area contributed by atoms with Crippen molar-refractivity contribution in [1.29, 1.82) is 0 Å². The third-order valence-electron chi connectivity index (χ3n) is 2.87. The molecule has 2 aromatic rings. The highest BCUT2D eigenvalue weighted by Gasteiger charge is 2.14. The summed E-state index contributed by atoms with van der Waals surface area (Å²) in [5.74, 6) is -0.0126. The second kappa shape index (κ2) is 5.76. The van der Waals surface area contributed by atoms with E-state index in [0.29, 0.717) is 12.2 Å². The van der Waals surface area contributed by atoms with Crippen LogP contribution in [0.25, 0.3) is 10.8 Å². The first-order chi connectivity index (χ1) is 8.77. The van der Waals surface area contributed by atoms with E-state index in [1.54, 1.807) is 7.11 Å². The summed E-state index contributed by atoms with van der Waals surface area (Å²) in [6.45, 7) is 0.514. The number of benzene rings is 2. The van der Waals surface area contributed by atoms with Crippen LogP contribution in [0.5, 0.6) is 0 Å². The van der Waals surface area contributed by atoms with Crippen LogP contribution in [0, 0.1) is 0 Å². The van der Waals surface area contributed by atoms with Gasteiger partial charge in [-0.3, -0.25) is 4.79 Å². The minimum Gasteiger partial charge on any atom is -0.380 e. The fraction of sp³-hybridized carbons (Fsp3) is 0.267. The molecule has 0 atom stereocenters. The molecule has 3 nitrogen and oxygen atoms in total. The van der Waals surface area contributed by atoms with E-state index in [0.717, 1.165) is 16.3 Å². The largest absolute Gasteiger partial charge is 0.380 e. The summed E-state index contributed by atoms with van der Waals surface area (Å²) in [6.07, 6.45) is 0. The third-order valence-corrected chi connectivity index (χ3v) is 2.87. The van der Waals surface area contributed by atoms with Crippen LogP contribution in [-0.4, -0.2) is 26.6 Å². The molecule has 0 aromatic heterocycles. The number of fused-ring (bicyclic) bond motifs is 1. The smallest absolute Gasteiger partial charge is 0.189 e. The highest BCUT2D eigenvalue weighted by Crippen LogP contribution is 2.23. The van der Waals surface area contributed by atoms with Gasteiger partial charge in [-0.15, -0.1) is 0 Å². The molecule has 0 N–H and O–H groups in total. The van der Waals surface area contributed by atoms with E-state index in [1.807, 2.05) is 36.4 Å². The van der Waals surface area contributed by atoms with Crippen molar-refractivity contribution >= 4 is 16.6 Å². The van der Waals surface area contributed by atoms with Crippen LogP contribution in [0.3, 0.4) is 0 Å². The molecule has 0 fully saturated rings. The van der Waals surface area contributed by atoms with E-state index in [2.05, 4.69) is 0 Å². The monoisotopic (exact) mass is 244 g/mol. The first kappa shape index (κ1) is 12.7. The Kier molecular flexibility index (Phi) is 4.07. The number of hydrogen-bond donors (Lipinski definition) is 0. The summed E-state index contributed by atoms with van der Waals surface area (Å²) < 4.78 is 10.1. The maximum absolute atomic E-state index is 12.2. The van der Waals surface area contributed by atoms with Crippen LogP contribution in [0.2, 0.25) is 0 Å². The molecule has 0 unspecified atom stereocenters. The van der Waals surface area contributed by atoms with Gasteiger partial charge in [0, 0.05) is 19.8 Å². The van der Waals surface area contributed by atoms with Gasteiger partial charge in [-0.1, -0.05) is 36.4 Å². The second-order valence-electron chi connectivity index (χ2n) is 4.11. The predicted molar refractivity (Wildman–Crippen MR) is 70.9 cm³/mol. The Hall–Kier alpha value is -1.71. The van der Waals surface area contributed by atoms with Gasteiger partial charge in [0.05, 0.1) is 6.61 Å². The molecule has 3 heteroatoms. The highest BCUT2D eigenvalue weighted by atomic mass is 16.5. The first-order valence-corrected chi connectivity index (χ1v) is 5.79. The van der Waals surface area contributed by atoms with Crippen molar-refractivity contribution in [1.82, 2.24) is 0 Å². The fourth-order valence-electron chi connectivity index (χ4n) is 2.13. The van der Waals surface area contributed by atoms with Crippen molar-refractivity contribution in [2.75, 3.05) is 20.8 Å². The number of rotatable bonds is 5. The third kappa shape index (κ3) is 2.42. The van der Waals surface area contributed by atoms with Crippen LogP contribution in [0.1, 0.15) is 15.9 Å². The van der Waals surface area contributed by atoms with Crippen LogP contribution < -0.4 is 0 Å². The van der Waals surface area contributed by atoms with E-state index in [9.17, 15) is 4.79 Å². The summed E-state index contributed by atoms with van der Waals surface area (Å²) in [4.78, 5) is 12.2. The zero-order valence-corrected chi connectivity index (χ0v) is 10.6. The van der Waals surface area contributed by atoms with Gasteiger partial charge >= 0.3 is 0 Å². The molecular formula is C15H16O3. The van der Waals surface area contributed by atoms with E-state index in [1.165, 1.54) is 7.11 Å². The second-order valence-corrected chi connectivity index (χ2v) is 4.11. The molecule has 94 valence electrons. The molecular weight excluding hydrogens is 228 g/mol. The molecule has 0 radical (unpaired) electrons. The molecule has 2 aromatic carbocycles. The highest BCUT2D eigenvalue weighted by molar-refractivity contribution is 6.10. The van der Waals surface area contributed by atoms with Gasteiger partial charge in [0.2, 0.25) is 0 Å². The number of carbonyl (C=O) groups excluding carboxylic acids is 1. The zero-order valence-electron chi connectivity index (χ0n) is 10.6. The Morgan fingerprint density at radius 3 is 2.56 bits per heavy atom. The van der Waals surface area contributed by atoms with Crippen molar-refractivity contribution in [3.05, 3.63) is 47.5 Å². The number of carbonyl (C=O) groups is 1. The van der Waals surface area contributed by atoms with Gasteiger partial charge in [0.1, 0.15) is 6.61 Å². The number of Topliss-reactive ketones (excluding diaryl/α,β-unsaturated/α-hetero) is 1. The number of ether oxygens (including phenoxy) is 2. The average molecular weight is 244 g/mol. The summed E-state index contributed by atoms with van der Waals surface area (Å²) in [6, 6.07) is 11.8. The van der Waals surface area contributed by atoms with E-state index in [-0.39, 0.29) is 12.4 Å². The van der Waals surface area contributed by atoms with E-state index in [4.69, 9.17) is 9.47 Å². The SMILES string of the molecule is COCC(=O)c1c(COC)ccc2ccccc12. The van der Waals surface area contributed by atoms with Gasteiger partial charge < -0.3 is 9.47 Å². The number of ketones is 1. The molecule has 0 aliphatic rings. The van der Waals surface area contributed by atoms with Crippen LogP contribution >= 0.6 is 0 Å². The molecule has 0 saturated heterocycles. The number of hydrogen-bond acceptors (Lipinski definition) is 3. The molecule has 0 heterocycles. The predicted octanol–water partition coefficient (Wildman–Crippen LogP) is 2.82. The standard InChI is InChI=1S/C15H16O3/c1-17-9-12-8-7-11-5-3-4-6-13(11)15(12)14(16)10-18-2/h3-8H,9-10H2,1-2H3. The molecule has 0 bridgehead atoms. The van der Waals surface area contributed by atoms with Crippen LogP contribution in [0.4, 0.5) is 0 Å². The van der Waals surface area contributed by atoms with Crippen LogP contribution in [0.15, 0.2) is 36.4 Å². The molecule has 18 heavy (non-hydrogen) atoms. The van der Waals surface area contributed by atoms with Gasteiger partial charge in [0.25, 0.3) is 0 Å². The van der Waals surface area contributed by atoms with Gasteiger partial charge in [-0.2, -0.15) is 0 Å². The Morgan fingerprint density at radius 1 is 1.06 bits per heavy atom. The lowest BCUT2D eigenvalue weighted by Crippen LogP contribution is -2.11. The Balaban J connectivity index is 2.62. The molecule has 0 amide bonds. The average Bonchev–Trinajstić information content (AvgIpc) is 2.39. The van der Waals surface area contributed by atoms with Crippen molar-refractivity contribution < 1.29 is 14.3 Å². The van der Waals surface area contributed by atoms with Crippen molar-refractivity contribution in [2.45, 2.75) is 6.61 Å². The number of methoxy groups -OCH3 is 2. The maximum Gasteiger partial charge on any atom is 0.189 e. The van der Waals surface area contributed by atoms with Gasteiger partial charge in [0.15, 0.2) is 5.78 Å². The Labute approximate surface area is 106 Å². The maximum atomic E-state index is 12.2. The summed E-state index contributed by atoms with van der Waals surface area (Å²) in [5.41, 5.74) is 1.61. The lowest BCUT2D eigenvalue weighted by Gasteiger charge is -2.11. The first-order valence-electron chi connectivity index (χ1n) is 5.79. The normalized spacial score (nSPS) is 10.8. The minimum absolute atomic E-state index is 0.0126. The van der Waals surface area contributed by atoms with Crippen molar-refractivity contribution in [2.24, 2.45) is 0 Å². The Bertz CT molecular complexity index is 561. The molecule has 0 aliphatic carbocycles. The summed E-state index contributed by atoms with van der Waals surface area (Å²) in [5, 5.41) is 2.01. The van der Waals surface area contributed by atoms with E-state index >= 15 is 0 Å². The lowest BCUT2D eigenvalue weighted by atomic mass is 9.96. The zero-order chi connectivity index (χ0) is 13.0. The lowest BCUT2D eigenvalue weighted by molar-refractivity contribution is 0.0845. The minimum atomic E-state index is -0.0126. The topological polar surface area (TPSA) is 35.5 Å². The van der Waals surface area contributed by atoms with Gasteiger partial charge in [-0.25, -0.2) is 0 Å². The fourth-order valence-corrected chi connectivity index (χ4v) is 2.13. The van der Waals surface area contributed by atoms with Crippen molar-refractivity contribution in [3.8, 4) is 0 Å². The quantitative estimate of drug-likeness (QED) is 0.759. The van der Waals surface area contributed by atoms with E-state index < -0.39 is 0 Å². The molecule has 0 saturated carbocycles. The van der Waals surface area contributed by atoms with Crippen molar-refractivity contribution in [3.63, 3.8) is 0 Å². The summed E-state index contributed by atoms with van der Waals surface area (Å²) >= 11 is 0. The van der Waals surface area contributed by atoms with Crippen LogP contribution in [-0.2, 0) is 16.1 Å². The molecule has 0 aliphatic heterocycles. The molecule has 2 rings (SSSR count).